The van der Waals surface area contributed by atoms with Gasteiger partial charge in [0, 0.05) is 17.8 Å². The Bertz CT molecular complexity index is 947. The molecule has 0 bridgehead atoms. The van der Waals surface area contributed by atoms with Crippen molar-refractivity contribution in [3.8, 4) is 0 Å². The monoisotopic (exact) mass is 335 g/mol. The third-order valence-electron chi connectivity index (χ3n) is 3.48. The molecule has 0 radical (unpaired) electrons. The van der Waals surface area contributed by atoms with Gasteiger partial charge in [0.25, 0.3) is 10.0 Å². The SMILES string of the molecule is Cc1nc2cc(S(=O)(=O)Nc3ccc(Cl)cc3)ccc2n1C. The first-order valence-corrected chi connectivity index (χ1v) is 8.44. The topological polar surface area (TPSA) is 64.0 Å². The quantitative estimate of drug-likeness (QED) is 0.798. The molecule has 5 nitrogen and oxygen atoms in total. The maximum atomic E-state index is 12.4. The van der Waals surface area contributed by atoms with Gasteiger partial charge in [-0.2, -0.15) is 0 Å². The third kappa shape index (κ3) is 2.67. The van der Waals surface area contributed by atoms with Crippen LogP contribution in [0.1, 0.15) is 5.82 Å². The van der Waals surface area contributed by atoms with E-state index >= 15 is 0 Å². The van der Waals surface area contributed by atoms with Gasteiger partial charge < -0.3 is 4.57 Å². The molecule has 2 aromatic carbocycles. The van der Waals surface area contributed by atoms with Crippen molar-refractivity contribution < 1.29 is 8.42 Å². The summed E-state index contributed by atoms with van der Waals surface area (Å²) in [5, 5.41) is 0.549. The van der Waals surface area contributed by atoms with Gasteiger partial charge in [-0.25, -0.2) is 13.4 Å². The average Bonchev–Trinajstić information content (AvgIpc) is 2.76. The van der Waals surface area contributed by atoms with Crippen LogP contribution < -0.4 is 4.72 Å². The van der Waals surface area contributed by atoms with Gasteiger partial charge >= 0.3 is 0 Å². The Morgan fingerprint density at radius 1 is 1.14 bits per heavy atom. The number of nitrogens with zero attached hydrogens (tertiary/aromatic N) is 2. The molecule has 0 spiro atoms. The highest BCUT2D eigenvalue weighted by molar-refractivity contribution is 7.92. The number of imidazole rings is 1. The van der Waals surface area contributed by atoms with Gasteiger partial charge in [0.15, 0.2) is 0 Å². The molecule has 0 saturated carbocycles. The standard InChI is InChI=1S/C15H14ClN3O2S/c1-10-17-14-9-13(7-8-15(14)19(10)2)22(20,21)18-12-5-3-11(16)4-6-12/h3-9,18H,1-2H3. The van der Waals surface area contributed by atoms with E-state index in [9.17, 15) is 8.42 Å². The fourth-order valence-corrected chi connectivity index (χ4v) is 3.40. The Hall–Kier alpha value is -2.05. The molecule has 114 valence electrons. The highest BCUT2D eigenvalue weighted by Gasteiger charge is 2.16. The number of aromatic nitrogens is 2. The first-order chi connectivity index (χ1) is 10.4. The van der Waals surface area contributed by atoms with Gasteiger partial charge in [0.1, 0.15) is 5.82 Å². The highest BCUT2D eigenvalue weighted by Crippen LogP contribution is 2.22. The second kappa shape index (κ2) is 5.30. The Labute approximate surface area is 133 Å². The Kier molecular flexibility index (Phi) is 3.58. The van der Waals surface area contributed by atoms with Crippen LogP contribution in [0.5, 0.6) is 0 Å². The van der Waals surface area contributed by atoms with E-state index < -0.39 is 10.0 Å². The van der Waals surface area contributed by atoms with Crippen LogP contribution >= 0.6 is 11.6 Å². The van der Waals surface area contributed by atoms with E-state index in [1.54, 1.807) is 42.5 Å². The van der Waals surface area contributed by atoms with Gasteiger partial charge in [0.2, 0.25) is 0 Å². The lowest BCUT2D eigenvalue weighted by Gasteiger charge is -2.08. The molecule has 3 aromatic rings. The molecule has 0 aliphatic rings. The summed E-state index contributed by atoms with van der Waals surface area (Å²) in [5.74, 6) is 0.829. The molecule has 0 amide bonds. The number of rotatable bonds is 3. The molecule has 22 heavy (non-hydrogen) atoms. The third-order valence-corrected chi connectivity index (χ3v) is 5.11. The first-order valence-electron chi connectivity index (χ1n) is 6.58. The van der Waals surface area contributed by atoms with E-state index in [1.807, 2.05) is 18.5 Å². The van der Waals surface area contributed by atoms with Gasteiger partial charge in [-0.15, -0.1) is 0 Å². The van der Waals surface area contributed by atoms with Crippen molar-refractivity contribution in [2.75, 3.05) is 4.72 Å². The zero-order valence-corrected chi connectivity index (χ0v) is 13.6. The van der Waals surface area contributed by atoms with Crippen molar-refractivity contribution in [2.24, 2.45) is 7.05 Å². The Morgan fingerprint density at radius 2 is 1.82 bits per heavy atom. The molecular formula is C15H14ClN3O2S. The van der Waals surface area contributed by atoms with Crippen LogP contribution in [0.2, 0.25) is 5.02 Å². The predicted molar refractivity (Wildman–Crippen MR) is 87.7 cm³/mol. The molecule has 0 unspecified atom stereocenters. The van der Waals surface area contributed by atoms with Crippen LogP contribution in [0.25, 0.3) is 11.0 Å². The van der Waals surface area contributed by atoms with Crippen molar-refractivity contribution in [2.45, 2.75) is 11.8 Å². The van der Waals surface area contributed by atoms with E-state index in [0.29, 0.717) is 16.2 Å². The second-order valence-electron chi connectivity index (χ2n) is 4.98. The van der Waals surface area contributed by atoms with E-state index in [-0.39, 0.29) is 4.90 Å². The molecule has 3 rings (SSSR count). The van der Waals surface area contributed by atoms with E-state index in [4.69, 9.17) is 11.6 Å². The van der Waals surface area contributed by atoms with Gasteiger partial charge in [-0.3, -0.25) is 4.72 Å². The number of aryl methyl sites for hydroxylation is 2. The summed E-state index contributed by atoms with van der Waals surface area (Å²) >= 11 is 5.79. The first kappa shape index (κ1) is 14.9. The van der Waals surface area contributed by atoms with Crippen LogP contribution in [0, 0.1) is 6.92 Å². The van der Waals surface area contributed by atoms with E-state index in [2.05, 4.69) is 9.71 Å². The number of benzene rings is 2. The lowest BCUT2D eigenvalue weighted by atomic mass is 10.3. The fraction of sp³-hybridized carbons (Fsp3) is 0.133. The molecule has 0 fully saturated rings. The lowest BCUT2D eigenvalue weighted by Crippen LogP contribution is -2.12. The molecule has 0 aliphatic carbocycles. The zero-order valence-electron chi connectivity index (χ0n) is 12.0. The minimum absolute atomic E-state index is 0.174. The second-order valence-corrected chi connectivity index (χ2v) is 7.10. The van der Waals surface area contributed by atoms with Crippen molar-refractivity contribution in [1.82, 2.24) is 9.55 Å². The van der Waals surface area contributed by atoms with E-state index in [1.165, 1.54) is 0 Å². The number of hydrogen-bond donors (Lipinski definition) is 1. The maximum Gasteiger partial charge on any atom is 0.261 e. The average molecular weight is 336 g/mol. The molecule has 7 heteroatoms. The fourth-order valence-electron chi connectivity index (χ4n) is 2.20. The zero-order chi connectivity index (χ0) is 15.9. The van der Waals surface area contributed by atoms with Gasteiger partial charge in [-0.05, 0) is 49.4 Å². The largest absolute Gasteiger partial charge is 0.331 e. The summed E-state index contributed by atoms with van der Waals surface area (Å²) < 4.78 is 29.3. The maximum absolute atomic E-state index is 12.4. The lowest BCUT2D eigenvalue weighted by molar-refractivity contribution is 0.601. The number of anilines is 1. The normalized spacial score (nSPS) is 11.8. The van der Waals surface area contributed by atoms with Crippen molar-refractivity contribution in [1.29, 1.82) is 0 Å². The van der Waals surface area contributed by atoms with Gasteiger partial charge in [0.05, 0.1) is 15.9 Å². The van der Waals surface area contributed by atoms with E-state index in [0.717, 1.165) is 11.3 Å². The minimum atomic E-state index is -3.66. The van der Waals surface area contributed by atoms with Gasteiger partial charge in [-0.1, -0.05) is 11.6 Å². The number of nitrogens with one attached hydrogen (secondary N) is 1. The highest BCUT2D eigenvalue weighted by atomic mass is 35.5. The summed E-state index contributed by atoms with van der Waals surface area (Å²) in [6, 6.07) is 11.4. The summed E-state index contributed by atoms with van der Waals surface area (Å²) in [7, 11) is -1.77. The number of hydrogen-bond acceptors (Lipinski definition) is 3. The minimum Gasteiger partial charge on any atom is -0.331 e. The Balaban J connectivity index is 1.99. The molecular weight excluding hydrogens is 322 g/mol. The number of sulfonamides is 1. The summed E-state index contributed by atoms with van der Waals surface area (Å²) in [5.41, 5.74) is 2.00. The van der Waals surface area contributed by atoms with Crippen molar-refractivity contribution in [3.05, 3.63) is 53.3 Å². The summed E-state index contributed by atoms with van der Waals surface area (Å²) in [4.78, 5) is 4.53. The summed E-state index contributed by atoms with van der Waals surface area (Å²) in [6.45, 7) is 1.88. The number of fused-ring (bicyclic) bond motifs is 1. The molecule has 0 atom stereocenters. The van der Waals surface area contributed by atoms with Crippen LogP contribution in [0.15, 0.2) is 47.4 Å². The predicted octanol–water partition coefficient (Wildman–Crippen LogP) is 3.34. The molecule has 0 aliphatic heterocycles. The molecule has 0 saturated heterocycles. The smallest absolute Gasteiger partial charge is 0.261 e. The van der Waals surface area contributed by atoms with Crippen LogP contribution in [-0.2, 0) is 17.1 Å². The Morgan fingerprint density at radius 3 is 2.50 bits per heavy atom. The number of halogens is 1. The molecule has 1 N–H and O–H groups in total. The van der Waals surface area contributed by atoms with Crippen LogP contribution in [0.4, 0.5) is 5.69 Å². The summed E-state index contributed by atoms with van der Waals surface area (Å²) in [6.07, 6.45) is 0. The molecule has 1 heterocycles. The van der Waals surface area contributed by atoms with Crippen molar-refractivity contribution in [3.63, 3.8) is 0 Å². The van der Waals surface area contributed by atoms with Crippen LogP contribution in [0.3, 0.4) is 0 Å². The van der Waals surface area contributed by atoms with Crippen molar-refractivity contribution >= 4 is 38.3 Å². The van der Waals surface area contributed by atoms with Crippen LogP contribution in [-0.4, -0.2) is 18.0 Å². The molecule has 1 aromatic heterocycles.